The maximum Gasteiger partial charge on any atom is 0.226 e. The highest BCUT2D eigenvalue weighted by molar-refractivity contribution is 5.83. The van der Waals surface area contributed by atoms with Crippen LogP contribution in [0.25, 0.3) is 0 Å². The number of amides is 1. The number of benzene rings is 1. The van der Waals surface area contributed by atoms with Crippen LogP contribution in [0.3, 0.4) is 0 Å². The van der Waals surface area contributed by atoms with Crippen molar-refractivity contribution in [3.8, 4) is 0 Å². The van der Waals surface area contributed by atoms with Gasteiger partial charge >= 0.3 is 0 Å². The van der Waals surface area contributed by atoms with Crippen molar-refractivity contribution in [2.24, 2.45) is 5.41 Å². The standard InChI is InChI=1S/C16H24N2O/c1-18(2)12-10-16(9-6-11-17-15(16)19)13-14-7-4-3-5-8-14/h3-5,7-8H,6,9-13H2,1-2H3,(H,17,19). The third-order valence-corrected chi connectivity index (χ3v) is 4.02. The van der Waals surface area contributed by atoms with E-state index in [4.69, 9.17) is 0 Å². The molecule has 1 aromatic carbocycles. The minimum atomic E-state index is -0.218. The molecule has 3 nitrogen and oxygen atoms in total. The van der Waals surface area contributed by atoms with E-state index in [1.54, 1.807) is 0 Å². The first-order chi connectivity index (χ1) is 9.12. The van der Waals surface area contributed by atoms with Crippen LogP contribution in [-0.2, 0) is 11.2 Å². The van der Waals surface area contributed by atoms with Gasteiger partial charge in [-0.05, 0) is 51.9 Å². The van der Waals surface area contributed by atoms with Crippen LogP contribution in [-0.4, -0.2) is 38.0 Å². The SMILES string of the molecule is CN(C)CCC1(Cc2ccccc2)CCCNC1=O. The normalized spacial score (nSPS) is 23.4. The van der Waals surface area contributed by atoms with Crippen molar-refractivity contribution in [2.45, 2.75) is 25.7 Å². The van der Waals surface area contributed by atoms with E-state index in [9.17, 15) is 4.79 Å². The molecule has 3 heteroatoms. The molecule has 0 aromatic heterocycles. The summed E-state index contributed by atoms with van der Waals surface area (Å²) in [6.07, 6.45) is 3.88. The molecular formula is C16H24N2O. The van der Waals surface area contributed by atoms with Crippen LogP contribution in [0, 0.1) is 5.41 Å². The molecule has 0 saturated carbocycles. The molecule has 104 valence electrons. The lowest BCUT2D eigenvalue weighted by Gasteiger charge is -2.37. The van der Waals surface area contributed by atoms with E-state index in [0.29, 0.717) is 0 Å². The van der Waals surface area contributed by atoms with Gasteiger partial charge < -0.3 is 10.2 Å². The molecule has 1 amide bonds. The number of carbonyl (C=O) groups excluding carboxylic acids is 1. The van der Waals surface area contributed by atoms with Gasteiger partial charge in [-0.3, -0.25) is 4.79 Å². The Labute approximate surface area is 116 Å². The molecule has 0 aliphatic carbocycles. The number of nitrogens with zero attached hydrogens (tertiary/aromatic N) is 1. The van der Waals surface area contributed by atoms with Crippen molar-refractivity contribution in [1.29, 1.82) is 0 Å². The van der Waals surface area contributed by atoms with Gasteiger partial charge in [0.1, 0.15) is 0 Å². The van der Waals surface area contributed by atoms with Crippen LogP contribution in [0.15, 0.2) is 30.3 Å². The maximum atomic E-state index is 12.4. The molecule has 1 aliphatic rings. The molecule has 0 radical (unpaired) electrons. The maximum absolute atomic E-state index is 12.4. The van der Waals surface area contributed by atoms with Gasteiger partial charge in [-0.15, -0.1) is 0 Å². The van der Waals surface area contributed by atoms with Gasteiger partial charge in [0.05, 0.1) is 5.41 Å². The summed E-state index contributed by atoms with van der Waals surface area (Å²) in [6.45, 7) is 1.79. The summed E-state index contributed by atoms with van der Waals surface area (Å²) in [5, 5.41) is 3.06. The molecule has 1 saturated heterocycles. The summed E-state index contributed by atoms with van der Waals surface area (Å²) in [7, 11) is 4.13. The van der Waals surface area contributed by atoms with E-state index >= 15 is 0 Å². The van der Waals surface area contributed by atoms with Crippen LogP contribution in [0.4, 0.5) is 0 Å². The summed E-state index contributed by atoms with van der Waals surface area (Å²) in [6, 6.07) is 10.4. The van der Waals surface area contributed by atoms with Crippen molar-refractivity contribution in [1.82, 2.24) is 10.2 Å². The molecule has 0 bridgehead atoms. The monoisotopic (exact) mass is 260 g/mol. The lowest BCUT2D eigenvalue weighted by atomic mass is 9.72. The molecule has 1 aromatic rings. The van der Waals surface area contributed by atoms with Gasteiger partial charge in [-0.25, -0.2) is 0 Å². The Balaban J connectivity index is 2.15. The van der Waals surface area contributed by atoms with Crippen LogP contribution in [0.1, 0.15) is 24.8 Å². The minimum absolute atomic E-state index is 0.218. The molecule has 1 fully saturated rings. The fourth-order valence-corrected chi connectivity index (χ4v) is 2.85. The number of carbonyl (C=O) groups is 1. The van der Waals surface area contributed by atoms with Crippen molar-refractivity contribution < 1.29 is 4.79 Å². The van der Waals surface area contributed by atoms with Crippen LogP contribution in [0.5, 0.6) is 0 Å². The van der Waals surface area contributed by atoms with Crippen molar-refractivity contribution in [3.05, 3.63) is 35.9 Å². The van der Waals surface area contributed by atoms with E-state index in [-0.39, 0.29) is 11.3 Å². The highest BCUT2D eigenvalue weighted by Crippen LogP contribution is 2.35. The molecule has 1 heterocycles. The first-order valence-corrected chi connectivity index (χ1v) is 7.09. The van der Waals surface area contributed by atoms with Gasteiger partial charge in [0.15, 0.2) is 0 Å². The fraction of sp³-hybridized carbons (Fsp3) is 0.562. The second-order valence-corrected chi connectivity index (χ2v) is 5.86. The zero-order valence-electron chi connectivity index (χ0n) is 12.0. The van der Waals surface area contributed by atoms with Gasteiger partial charge in [-0.2, -0.15) is 0 Å². The number of hydrogen-bond acceptors (Lipinski definition) is 2. The summed E-state index contributed by atoms with van der Waals surface area (Å²) >= 11 is 0. The summed E-state index contributed by atoms with van der Waals surface area (Å²) in [5.74, 6) is 0.240. The zero-order valence-corrected chi connectivity index (χ0v) is 12.0. The lowest BCUT2D eigenvalue weighted by Crippen LogP contribution is -2.48. The topological polar surface area (TPSA) is 32.3 Å². The average molecular weight is 260 g/mol. The van der Waals surface area contributed by atoms with Gasteiger partial charge in [0, 0.05) is 6.54 Å². The molecule has 1 unspecified atom stereocenters. The zero-order chi connectivity index (χ0) is 13.7. The van der Waals surface area contributed by atoms with E-state index < -0.39 is 0 Å². The highest BCUT2D eigenvalue weighted by atomic mass is 16.2. The molecule has 0 spiro atoms. The van der Waals surface area contributed by atoms with E-state index in [1.165, 1.54) is 5.56 Å². The molecule has 19 heavy (non-hydrogen) atoms. The predicted molar refractivity (Wildman–Crippen MR) is 78.0 cm³/mol. The van der Waals surface area contributed by atoms with Crippen LogP contribution >= 0.6 is 0 Å². The van der Waals surface area contributed by atoms with Crippen LogP contribution in [0.2, 0.25) is 0 Å². The Kier molecular flexibility index (Phi) is 4.59. The van der Waals surface area contributed by atoms with E-state index in [0.717, 1.165) is 38.8 Å². The minimum Gasteiger partial charge on any atom is -0.356 e. The summed E-state index contributed by atoms with van der Waals surface area (Å²) < 4.78 is 0. The summed E-state index contributed by atoms with van der Waals surface area (Å²) in [4.78, 5) is 14.6. The third-order valence-electron chi connectivity index (χ3n) is 4.02. The Morgan fingerprint density at radius 3 is 2.63 bits per heavy atom. The second-order valence-electron chi connectivity index (χ2n) is 5.86. The number of piperidine rings is 1. The Morgan fingerprint density at radius 1 is 1.26 bits per heavy atom. The van der Waals surface area contributed by atoms with Gasteiger partial charge in [-0.1, -0.05) is 30.3 Å². The first-order valence-electron chi connectivity index (χ1n) is 7.09. The predicted octanol–water partition coefficient (Wildman–Crippen LogP) is 2.08. The highest BCUT2D eigenvalue weighted by Gasteiger charge is 2.39. The number of rotatable bonds is 5. The van der Waals surface area contributed by atoms with Gasteiger partial charge in [0.25, 0.3) is 0 Å². The Bertz CT molecular complexity index is 416. The van der Waals surface area contributed by atoms with E-state index in [2.05, 4.69) is 48.6 Å². The molecule has 1 atom stereocenters. The third kappa shape index (κ3) is 3.57. The first kappa shape index (κ1) is 14.1. The van der Waals surface area contributed by atoms with Crippen molar-refractivity contribution in [2.75, 3.05) is 27.2 Å². The Morgan fingerprint density at radius 2 is 2.00 bits per heavy atom. The van der Waals surface area contributed by atoms with E-state index in [1.807, 2.05) is 6.07 Å². The average Bonchev–Trinajstić information content (AvgIpc) is 2.41. The second kappa shape index (κ2) is 6.20. The smallest absolute Gasteiger partial charge is 0.226 e. The summed E-state index contributed by atoms with van der Waals surface area (Å²) in [5.41, 5.74) is 1.04. The largest absolute Gasteiger partial charge is 0.356 e. The number of hydrogen-bond donors (Lipinski definition) is 1. The fourth-order valence-electron chi connectivity index (χ4n) is 2.85. The molecule has 1 N–H and O–H groups in total. The van der Waals surface area contributed by atoms with Crippen molar-refractivity contribution >= 4 is 5.91 Å². The molecular weight excluding hydrogens is 236 g/mol. The Hall–Kier alpha value is -1.35. The van der Waals surface area contributed by atoms with Gasteiger partial charge in [0.2, 0.25) is 5.91 Å². The number of nitrogens with one attached hydrogen (secondary N) is 1. The molecule has 1 aliphatic heterocycles. The quantitative estimate of drug-likeness (QED) is 0.879. The van der Waals surface area contributed by atoms with Crippen LogP contribution < -0.4 is 5.32 Å². The lowest BCUT2D eigenvalue weighted by molar-refractivity contribution is -0.134. The molecule has 2 rings (SSSR count). The van der Waals surface area contributed by atoms with Crippen molar-refractivity contribution in [3.63, 3.8) is 0 Å².